The van der Waals surface area contributed by atoms with Crippen molar-refractivity contribution in [1.29, 1.82) is 0 Å². The largest absolute Gasteiger partial charge is 0.459 e. The maximum Gasteiger partial charge on any atom is 0.417 e. The molecule has 2 aromatic rings. The average Bonchev–Trinajstić information content (AvgIpc) is 3.07. The molecule has 0 saturated carbocycles. The lowest BCUT2D eigenvalue weighted by atomic mass is 10.1. The molecule has 0 bridgehead atoms. The van der Waals surface area contributed by atoms with Crippen LogP contribution in [0.2, 0.25) is 0 Å². The maximum atomic E-state index is 12.8. The highest BCUT2D eigenvalue weighted by atomic mass is 16.6. The van der Waals surface area contributed by atoms with E-state index in [0.29, 0.717) is 5.57 Å². The fourth-order valence-corrected chi connectivity index (χ4v) is 3.12. The van der Waals surface area contributed by atoms with Gasteiger partial charge >= 0.3 is 12.1 Å². The van der Waals surface area contributed by atoms with Crippen LogP contribution in [-0.4, -0.2) is 47.9 Å². The summed E-state index contributed by atoms with van der Waals surface area (Å²) in [4.78, 5) is 40.8. The molecule has 1 saturated heterocycles. The van der Waals surface area contributed by atoms with Gasteiger partial charge in [-0.25, -0.2) is 14.5 Å². The summed E-state index contributed by atoms with van der Waals surface area (Å²) in [5, 5.41) is 0. The van der Waals surface area contributed by atoms with Gasteiger partial charge in [-0.05, 0) is 11.1 Å². The molecule has 156 valence electrons. The van der Waals surface area contributed by atoms with Crippen LogP contribution in [0.5, 0.6) is 0 Å². The lowest BCUT2D eigenvalue weighted by molar-refractivity contribution is -0.152. The number of amides is 2. The van der Waals surface area contributed by atoms with Crippen LogP contribution in [0.15, 0.2) is 72.4 Å². The molecule has 30 heavy (non-hydrogen) atoms. The number of benzene rings is 2. The first-order valence-corrected chi connectivity index (χ1v) is 9.57. The molecular formula is C23H24N2O5. The highest BCUT2D eigenvalue weighted by Crippen LogP contribution is 2.27. The molecule has 3 rings (SSSR count). The van der Waals surface area contributed by atoms with E-state index in [1.54, 1.807) is 25.2 Å². The topological polar surface area (TPSA) is 76.2 Å². The number of imide groups is 1. The standard InChI is InChI=1S/C23H24N2O5/c1-24(2)14-19-13-20(22(27)29-15-17-9-5-3-6-10-17)25(21(19)26)23(28)30-16-18-11-7-4-8-12-18/h3-12,14,20H,13,15-16H2,1-2H3/b19-14+/t20-/m1/s1. The molecule has 0 N–H and O–H groups in total. The van der Waals surface area contributed by atoms with Crippen LogP contribution in [0.4, 0.5) is 4.79 Å². The van der Waals surface area contributed by atoms with Gasteiger partial charge < -0.3 is 14.4 Å². The van der Waals surface area contributed by atoms with Gasteiger partial charge in [0, 0.05) is 32.3 Å². The quantitative estimate of drug-likeness (QED) is 0.540. The zero-order chi connectivity index (χ0) is 21.5. The predicted molar refractivity (Wildman–Crippen MR) is 110 cm³/mol. The van der Waals surface area contributed by atoms with Crippen molar-refractivity contribution in [2.45, 2.75) is 25.7 Å². The predicted octanol–water partition coefficient (Wildman–Crippen LogP) is 3.11. The molecule has 7 heteroatoms. The Morgan fingerprint density at radius 1 is 0.967 bits per heavy atom. The third kappa shape index (κ3) is 5.26. The van der Waals surface area contributed by atoms with E-state index in [1.807, 2.05) is 60.7 Å². The lowest BCUT2D eigenvalue weighted by Crippen LogP contribution is -2.44. The van der Waals surface area contributed by atoms with Gasteiger partial charge in [-0.15, -0.1) is 0 Å². The smallest absolute Gasteiger partial charge is 0.417 e. The lowest BCUT2D eigenvalue weighted by Gasteiger charge is -2.20. The Hall–Kier alpha value is -3.61. The van der Waals surface area contributed by atoms with Gasteiger partial charge in [0.2, 0.25) is 0 Å². The fourth-order valence-electron chi connectivity index (χ4n) is 3.12. The summed E-state index contributed by atoms with van der Waals surface area (Å²) in [6.45, 7) is 0.0615. The number of hydrogen-bond acceptors (Lipinski definition) is 6. The van der Waals surface area contributed by atoms with E-state index < -0.39 is 24.0 Å². The third-order valence-corrected chi connectivity index (χ3v) is 4.53. The second-order valence-electron chi connectivity index (χ2n) is 7.15. The first kappa shape index (κ1) is 21.1. The van der Waals surface area contributed by atoms with Crippen molar-refractivity contribution >= 4 is 18.0 Å². The number of esters is 1. The molecule has 1 aliphatic rings. The van der Waals surface area contributed by atoms with E-state index in [9.17, 15) is 14.4 Å². The summed E-state index contributed by atoms with van der Waals surface area (Å²) in [5.74, 6) is -1.20. The highest BCUT2D eigenvalue weighted by molar-refractivity contribution is 6.08. The molecule has 0 radical (unpaired) electrons. The van der Waals surface area contributed by atoms with Crippen molar-refractivity contribution in [2.24, 2.45) is 0 Å². The minimum atomic E-state index is -1.06. The summed E-state index contributed by atoms with van der Waals surface area (Å²) >= 11 is 0. The van der Waals surface area contributed by atoms with Crippen LogP contribution in [-0.2, 0) is 32.3 Å². The van der Waals surface area contributed by atoms with Crippen molar-refractivity contribution in [3.05, 3.63) is 83.6 Å². The molecule has 1 aliphatic heterocycles. The number of rotatable bonds is 6. The maximum absolute atomic E-state index is 12.8. The van der Waals surface area contributed by atoms with Crippen molar-refractivity contribution in [3.63, 3.8) is 0 Å². The summed E-state index contributed by atoms with van der Waals surface area (Å²) < 4.78 is 10.7. The minimum absolute atomic E-state index is 0.00195. The second-order valence-corrected chi connectivity index (χ2v) is 7.15. The van der Waals surface area contributed by atoms with Crippen LogP contribution in [0, 0.1) is 0 Å². The molecule has 2 amide bonds. The zero-order valence-electron chi connectivity index (χ0n) is 17.0. The molecule has 1 atom stereocenters. The highest BCUT2D eigenvalue weighted by Gasteiger charge is 2.45. The van der Waals surface area contributed by atoms with E-state index in [1.165, 1.54) is 0 Å². The van der Waals surface area contributed by atoms with Gasteiger partial charge in [0.15, 0.2) is 0 Å². The van der Waals surface area contributed by atoms with Gasteiger partial charge in [0.1, 0.15) is 19.3 Å². The number of carbonyl (C=O) groups excluding carboxylic acids is 3. The monoisotopic (exact) mass is 408 g/mol. The van der Waals surface area contributed by atoms with E-state index in [4.69, 9.17) is 9.47 Å². The Labute approximate surface area is 175 Å². The first-order chi connectivity index (χ1) is 14.5. The van der Waals surface area contributed by atoms with E-state index in [2.05, 4.69) is 0 Å². The van der Waals surface area contributed by atoms with Crippen LogP contribution >= 0.6 is 0 Å². The van der Waals surface area contributed by atoms with Crippen LogP contribution in [0.25, 0.3) is 0 Å². The Balaban J connectivity index is 1.73. The normalized spacial score (nSPS) is 17.1. The number of nitrogens with zero attached hydrogens (tertiary/aromatic N) is 2. The average molecular weight is 408 g/mol. The number of hydrogen-bond donors (Lipinski definition) is 0. The van der Waals surface area contributed by atoms with E-state index in [-0.39, 0.29) is 19.6 Å². The van der Waals surface area contributed by atoms with Crippen LogP contribution < -0.4 is 0 Å². The second kappa shape index (κ2) is 9.73. The third-order valence-electron chi connectivity index (χ3n) is 4.53. The van der Waals surface area contributed by atoms with Gasteiger partial charge in [-0.3, -0.25) is 4.79 Å². The van der Waals surface area contributed by atoms with Gasteiger partial charge in [-0.2, -0.15) is 0 Å². The Bertz CT molecular complexity index is 925. The van der Waals surface area contributed by atoms with Crippen molar-refractivity contribution in [2.75, 3.05) is 14.1 Å². The van der Waals surface area contributed by atoms with Crippen molar-refractivity contribution < 1.29 is 23.9 Å². The molecule has 2 aromatic carbocycles. The minimum Gasteiger partial charge on any atom is -0.459 e. The van der Waals surface area contributed by atoms with Crippen LogP contribution in [0.3, 0.4) is 0 Å². The van der Waals surface area contributed by atoms with E-state index in [0.717, 1.165) is 16.0 Å². The SMILES string of the molecule is CN(C)/C=C1\C[C@H](C(=O)OCc2ccccc2)N(C(=O)OCc2ccccc2)C1=O. The molecule has 7 nitrogen and oxygen atoms in total. The number of likely N-dealkylation sites (tertiary alicyclic amines) is 1. The van der Waals surface area contributed by atoms with Crippen molar-refractivity contribution in [3.8, 4) is 0 Å². The van der Waals surface area contributed by atoms with E-state index >= 15 is 0 Å². The summed E-state index contributed by atoms with van der Waals surface area (Å²) in [6, 6.07) is 17.3. The molecule has 0 aliphatic carbocycles. The number of ether oxygens (including phenoxy) is 2. The molecular weight excluding hydrogens is 384 g/mol. The van der Waals surface area contributed by atoms with Gasteiger partial charge in [0.25, 0.3) is 5.91 Å². The summed E-state index contributed by atoms with van der Waals surface area (Å²) in [5.41, 5.74) is 1.94. The summed E-state index contributed by atoms with van der Waals surface area (Å²) in [6.07, 6.45) is 0.808. The Kier molecular flexibility index (Phi) is 6.85. The van der Waals surface area contributed by atoms with Crippen LogP contribution in [0.1, 0.15) is 17.5 Å². The molecule has 0 spiro atoms. The van der Waals surface area contributed by atoms with Gasteiger partial charge in [0.05, 0.1) is 0 Å². The zero-order valence-corrected chi connectivity index (χ0v) is 17.0. The first-order valence-electron chi connectivity index (χ1n) is 9.57. The van der Waals surface area contributed by atoms with Crippen molar-refractivity contribution in [1.82, 2.24) is 9.80 Å². The number of carbonyl (C=O) groups is 3. The van der Waals surface area contributed by atoms with Gasteiger partial charge in [-0.1, -0.05) is 60.7 Å². The molecule has 1 heterocycles. The molecule has 0 unspecified atom stereocenters. The molecule has 1 fully saturated rings. The summed E-state index contributed by atoms with van der Waals surface area (Å²) in [7, 11) is 3.53. The fraction of sp³-hybridized carbons (Fsp3) is 0.261. The Morgan fingerprint density at radius 3 is 2.03 bits per heavy atom. The molecule has 0 aromatic heterocycles. The Morgan fingerprint density at radius 2 is 1.50 bits per heavy atom.